The molecular formula is C15H17N3O2. The van der Waals surface area contributed by atoms with Crippen molar-refractivity contribution >= 4 is 5.91 Å². The Morgan fingerprint density at radius 1 is 1.50 bits per heavy atom. The number of carbonyl (C=O) groups is 1. The lowest BCUT2D eigenvalue weighted by atomic mass is 10.1. The maximum Gasteiger partial charge on any atom is 0.260 e. The van der Waals surface area contributed by atoms with Gasteiger partial charge >= 0.3 is 0 Å². The van der Waals surface area contributed by atoms with Crippen LogP contribution in [0.15, 0.2) is 30.6 Å². The lowest BCUT2D eigenvalue weighted by Crippen LogP contribution is -2.38. The fourth-order valence-corrected chi connectivity index (χ4v) is 2.37. The second-order valence-corrected chi connectivity index (χ2v) is 5.00. The van der Waals surface area contributed by atoms with E-state index in [1.54, 1.807) is 11.2 Å². The molecule has 1 aliphatic rings. The van der Waals surface area contributed by atoms with Crippen LogP contribution < -0.4 is 4.74 Å². The van der Waals surface area contributed by atoms with Crippen LogP contribution in [0.4, 0.5) is 0 Å². The molecule has 3 rings (SSSR count). The molecule has 0 radical (unpaired) electrons. The van der Waals surface area contributed by atoms with Crippen molar-refractivity contribution in [1.29, 1.82) is 0 Å². The summed E-state index contributed by atoms with van der Waals surface area (Å²) in [7, 11) is 0. The van der Waals surface area contributed by atoms with E-state index >= 15 is 0 Å². The zero-order valence-corrected chi connectivity index (χ0v) is 11.4. The van der Waals surface area contributed by atoms with Gasteiger partial charge in [-0.15, -0.1) is 0 Å². The highest BCUT2D eigenvalue weighted by Crippen LogP contribution is 2.16. The smallest absolute Gasteiger partial charge is 0.260 e. The second kappa shape index (κ2) is 5.36. The Kier molecular flexibility index (Phi) is 3.41. The quantitative estimate of drug-likeness (QED) is 0.924. The lowest BCUT2D eigenvalue weighted by molar-refractivity contribution is -0.134. The van der Waals surface area contributed by atoms with Gasteiger partial charge in [0.25, 0.3) is 5.91 Å². The summed E-state index contributed by atoms with van der Waals surface area (Å²) in [6, 6.07) is 7.71. The number of aromatic nitrogens is 2. The Morgan fingerprint density at radius 2 is 2.40 bits per heavy atom. The van der Waals surface area contributed by atoms with E-state index in [9.17, 15) is 4.79 Å². The van der Waals surface area contributed by atoms with Gasteiger partial charge in [0.2, 0.25) is 0 Å². The first-order valence-electron chi connectivity index (χ1n) is 6.71. The standard InChI is InChI=1S/C15H17N3O2/c1-11-3-2-4-12(7-11)20-9-15(19)18-6-5-13-14(8-18)17-10-16-13/h2-4,7,10H,5-6,8-9H2,1H3,(H,16,17). The first-order chi connectivity index (χ1) is 9.72. The number of fused-ring (bicyclic) bond motifs is 1. The summed E-state index contributed by atoms with van der Waals surface area (Å²) < 4.78 is 5.55. The summed E-state index contributed by atoms with van der Waals surface area (Å²) in [6.45, 7) is 3.37. The summed E-state index contributed by atoms with van der Waals surface area (Å²) in [5, 5.41) is 0. The van der Waals surface area contributed by atoms with Gasteiger partial charge in [-0.25, -0.2) is 4.98 Å². The molecule has 1 amide bonds. The molecule has 0 unspecified atom stereocenters. The van der Waals surface area contributed by atoms with E-state index in [4.69, 9.17) is 4.74 Å². The minimum Gasteiger partial charge on any atom is -0.484 e. The fraction of sp³-hybridized carbons (Fsp3) is 0.333. The molecule has 0 fully saturated rings. The SMILES string of the molecule is Cc1cccc(OCC(=O)N2CCc3nc[nH]c3C2)c1. The molecule has 0 saturated carbocycles. The molecule has 0 spiro atoms. The van der Waals surface area contributed by atoms with Crippen LogP contribution in [-0.4, -0.2) is 33.9 Å². The van der Waals surface area contributed by atoms with Crippen LogP contribution in [0.2, 0.25) is 0 Å². The predicted octanol–water partition coefficient (Wildman–Crippen LogP) is 1.68. The van der Waals surface area contributed by atoms with Crippen LogP contribution in [0, 0.1) is 6.92 Å². The lowest BCUT2D eigenvalue weighted by Gasteiger charge is -2.26. The molecule has 1 aromatic heterocycles. The molecule has 1 N–H and O–H groups in total. The highest BCUT2D eigenvalue weighted by molar-refractivity contribution is 5.78. The molecule has 1 aliphatic heterocycles. The average Bonchev–Trinajstić information content (AvgIpc) is 2.92. The van der Waals surface area contributed by atoms with E-state index in [1.165, 1.54) is 0 Å². The van der Waals surface area contributed by atoms with E-state index in [1.807, 2.05) is 31.2 Å². The van der Waals surface area contributed by atoms with Crippen molar-refractivity contribution in [3.8, 4) is 5.75 Å². The number of nitrogens with one attached hydrogen (secondary N) is 1. The van der Waals surface area contributed by atoms with Crippen LogP contribution in [0.5, 0.6) is 5.75 Å². The minimum absolute atomic E-state index is 0.00626. The number of hydrogen-bond donors (Lipinski definition) is 1. The number of H-pyrrole nitrogens is 1. The first-order valence-corrected chi connectivity index (χ1v) is 6.71. The number of imidazole rings is 1. The summed E-state index contributed by atoms with van der Waals surface area (Å²) >= 11 is 0. The Morgan fingerprint density at radius 3 is 3.25 bits per heavy atom. The summed E-state index contributed by atoms with van der Waals surface area (Å²) in [6.07, 6.45) is 2.48. The summed E-state index contributed by atoms with van der Waals surface area (Å²) in [5.74, 6) is 0.740. The molecule has 0 atom stereocenters. The molecule has 0 saturated heterocycles. The molecule has 2 aromatic rings. The number of ether oxygens (including phenoxy) is 1. The van der Waals surface area contributed by atoms with Crippen LogP contribution in [-0.2, 0) is 17.8 Å². The van der Waals surface area contributed by atoms with Crippen molar-refractivity contribution in [2.24, 2.45) is 0 Å². The Labute approximate surface area is 117 Å². The normalized spacial score (nSPS) is 13.9. The molecule has 104 valence electrons. The average molecular weight is 271 g/mol. The van der Waals surface area contributed by atoms with E-state index in [0.29, 0.717) is 13.1 Å². The molecule has 0 aliphatic carbocycles. The second-order valence-electron chi connectivity index (χ2n) is 5.00. The maximum absolute atomic E-state index is 12.2. The van der Waals surface area contributed by atoms with Gasteiger partial charge < -0.3 is 14.6 Å². The fourth-order valence-electron chi connectivity index (χ4n) is 2.37. The third-order valence-corrected chi connectivity index (χ3v) is 3.48. The molecule has 2 heterocycles. The van der Waals surface area contributed by atoms with Crippen molar-refractivity contribution in [2.45, 2.75) is 19.9 Å². The Hall–Kier alpha value is -2.30. The molecule has 20 heavy (non-hydrogen) atoms. The van der Waals surface area contributed by atoms with Gasteiger partial charge in [-0.05, 0) is 24.6 Å². The highest BCUT2D eigenvalue weighted by atomic mass is 16.5. The topological polar surface area (TPSA) is 58.2 Å². The number of carbonyl (C=O) groups excluding carboxylic acids is 1. The van der Waals surface area contributed by atoms with Crippen molar-refractivity contribution in [1.82, 2.24) is 14.9 Å². The Balaban J connectivity index is 1.58. The van der Waals surface area contributed by atoms with Crippen molar-refractivity contribution in [2.75, 3.05) is 13.2 Å². The van der Waals surface area contributed by atoms with E-state index in [0.717, 1.165) is 29.1 Å². The third kappa shape index (κ3) is 2.66. The maximum atomic E-state index is 12.2. The number of hydrogen-bond acceptors (Lipinski definition) is 3. The number of amides is 1. The van der Waals surface area contributed by atoms with Crippen molar-refractivity contribution in [3.63, 3.8) is 0 Å². The van der Waals surface area contributed by atoms with Gasteiger partial charge in [0.05, 0.1) is 24.3 Å². The third-order valence-electron chi connectivity index (χ3n) is 3.48. The van der Waals surface area contributed by atoms with E-state index in [2.05, 4.69) is 9.97 Å². The number of aromatic amines is 1. The van der Waals surface area contributed by atoms with Crippen molar-refractivity contribution < 1.29 is 9.53 Å². The summed E-state index contributed by atoms with van der Waals surface area (Å²) in [5.41, 5.74) is 3.21. The van der Waals surface area contributed by atoms with E-state index < -0.39 is 0 Å². The van der Waals surface area contributed by atoms with Gasteiger partial charge in [0.15, 0.2) is 6.61 Å². The minimum atomic E-state index is 0.00626. The summed E-state index contributed by atoms with van der Waals surface area (Å²) in [4.78, 5) is 21.3. The first kappa shape index (κ1) is 12.7. The predicted molar refractivity (Wildman–Crippen MR) is 74.4 cm³/mol. The van der Waals surface area contributed by atoms with Gasteiger partial charge in [-0.3, -0.25) is 4.79 Å². The van der Waals surface area contributed by atoms with Crippen LogP contribution in [0.1, 0.15) is 17.0 Å². The van der Waals surface area contributed by atoms with Gasteiger partial charge in [-0.2, -0.15) is 0 Å². The number of nitrogens with zero attached hydrogens (tertiary/aromatic N) is 2. The van der Waals surface area contributed by atoms with Crippen LogP contribution >= 0.6 is 0 Å². The molecule has 5 nitrogen and oxygen atoms in total. The van der Waals surface area contributed by atoms with E-state index in [-0.39, 0.29) is 12.5 Å². The zero-order valence-electron chi connectivity index (χ0n) is 11.4. The van der Waals surface area contributed by atoms with Gasteiger partial charge in [0.1, 0.15) is 5.75 Å². The molecule has 1 aromatic carbocycles. The number of aryl methyl sites for hydroxylation is 1. The number of rotatable bonds is 3. The molecule has 0 bridgehead atoms. The highest BCUT2D eigenvalue weighted by Gasteiger charge is 2.22. The van der Waals surface area contributed by atoms with Gasteiger partial charge in [0, 0.05) is 13.0 Å². The van der Waals surface area contributed by atoms with Crippen molar-refractivity contribution in [3.05, 3.63) is 47.5 Å². The largest absolute Gasteiger partial charge is 0.484 e. The van der Waals surface area contributed by atoms with Crippen LogP contribution in [0.25, 0.3) is 0 Å². The van der Waals surface area contributed by atoms with Crippen LogP contribution in [0.3, 0.4) is 0 Å². The molecule has 5 heteroatoms. The van der Waals surface area contributed by atoms with Gasteiger partial charge in [-0.1, -0.05) is 12.1 Å². The monoisotopic (exact) mass is 271 g/mol. The zero-order chi connectivity index (χ0) is 13.9. The Bertz CT molecular complexity index is 621. The molecular weight excluding hydrogens is 254 g/mol. The number of benzene rings is 1.